The van der Waals surface area contributed by atoms with Gasteiger partial charge in [0.25, 0.3) is 0 Å². The monoisotopic (exact) mass is 587 g/mol. The minimum atomic E-state index is -1.06. The molecule has 1 unspecified atom stereocenters. The highest BCUT2D eigenvalue weighted by atomic mass is 19.1. The van der Waals surface area contributed by atoms with Crippen molar-refractivity contribution in [1.29, 1.82) is 0 Å². The second-order valence-corrected chi connectivity index (χ2v) is 11.7. The predicted molar refractivity (Wildman–Crippen MR) is 155 cm³/mol. The van der Waals surface area contributed by atoms with E-state index in [9.17, 15) is 14.3 Å². The molecule has 0 aliphatic carbocycles. The van der Waals surface area contributed by atoms with Crippen molar-refractivity contribution >= 4 is 11.8 Å². The van der Waals surface area contributed by atoms with Crippen LogP contribution in [0.2, 0.25) is 0 Å². The van der Waals surface area contributed by atoms with Gasteiger partial charge in [-0.2, -0.15) is 0 Å². The van der Waals surface area contributed by atoms with Crippen LogP contribution in [-0.4, -0.2) is 73.2 Å². The third kappa shape index (κ3) is 7.57. The molecule has 0 bridgehead atoms. The molecule has 10 heteroatoms. The molecule has 0 amide bonds. The van der Waals surface area contributed by atoms with E-state index in [-0.39, 0.29) is 18.6 Å². The molecule has 2 N–H and O–H groups in total. The van der Waals surface area contributed by atoms with E-state index in [2.05, 4.69) is 5.32 Å². The number of unbranched alkanes of at least 4 members (excludes halogenated alkanes) is 1. The maximum Gasteiger partial charge on any atom is 0.325 e. The van der Waals surface area contributed by atoms with Crippen molar-refractivity contribution in [2.45, 2.75) is 82.7 Å². The van der Waals surface area contributed by atoms with Crippen molar-refractivity contribution < 1.29 is 32.9 Å². The number of rotatable bonds is 13. The zero-order valence-corrected chi connectivity index (χ0v) is 24.5. The SMILES string of the molecule is COc1cc(CCCC[C@H](F)C2CCN([C@@H](C(=O)O)c3cc(F)ccc3COC3CCOCC3)C2)nc2c1CCCN2. The van der Waals surface area contributed by atoms with E-state index in [1.54, 1.807) is 18.1 Å². The Hall–Kier alpha value is -2.82. The molecule has 3 aliphatic rings. The third-order valence-corrected chi connectivity index (χ3v) is 8.83. The summed E-state index contributed by atoms with van der Waals surface area (Å²) in [6.45, 7) is 3.15. The predicted octanol–water partition coefficient (Wildman–Crippen LogP) is 5.48. The van der Waals surface area contributed by atoms with Gasteiger partial charge in [-0.05, 0) is 81.2 Å². The molecule has 3 atom stereocenters. The van der Waals surface area contributed by atoms with E-state index < -0.39 is 24.0 Å². The van der Waals surface area contributed by atoms with Crippen LogP contribution < -0.4 is 10.1 Å². The minimum Gasteiger partial charge on any atom is -0.496 e. The third-order valence-electron chi connectivity index (χ3n) is 8.83. The Morgan fingerprint density at radius 1 is 1.24 bits per heavy atom. The van der Waals surface area contributed by atoms with Gasteiger partial charge >= 0.3 is 5.97 Å². The van der Waals surface area contributed by atoms with Crippen molar-refractivity contribution in [3.63, 3.8) is 0 Å². The molecule has 8 nitrogen and oxygen atoms in total. The summed E-state index contributed by atoms with van der Waals surface area (Å²) in [6, 6.07) is 5.18. The number of anilines is 1. The maximum atomic E-state index is 15.4. The van der Waals surface area contributed by atoms with Crippen molar-refractivity contribution in [3.05, 3.63) is 52.5 Å². The fourth-order valence-corrected chi connectivity index (χ4v) is 6.48. The number of benzene rings is 1. The lowest BCUT2D eigenvalue weighted by Crippen LogP contribution is -2.34. The van der Waals surface area contributed by atoms with E-state index >= 15 is 4.39 Å². The van der Waals surface area contributed by atoms with Crippen molar-refractivity contribution in [1.82, 2.24) is 9.88 Å². The number of methoxy groups -OCH3 is 1. The average Bonchev–Trinajstić information content (AvgIpc) is 3.48. The first-order valence-corrected chi connectivity index (χ1v) is 15.3. The van der Waals surface area contributed by atoms with Crippen LogP contribution in [-0.2, 0) is 33.7 Å². The van der Waals surface area contributed by atoms with Crippen LogP contribution in [0.25, 0.3) is 0 Å². The van der Waals surface area contributed by atoms with Crippen LogP contribution in [0.4, 0.5) is 14.6 Å². The Morgan fingerprint density at radius 2 is 2.07 bits per heavy atom. The molecule has 0 spiro atoms. The first-order valence-electron chi connectivity index (χ1n) is 15.3. The molecule has 5 rings (SSSR count). The van der Waals surface area contributed by atoms with Gasteiger partial charge in [-0.1, -0.05) is 12.5 Å². The molecule has 2 saturated heterocycles. The highest BCUT2D eigenvalue weighted by Gasteiger charge is 2.38. The Kier molecular flexibility index (Phi) is 10.6. The summed E-state index contributed by atoms with van der Waals surface area (Å²) in [5, 5.41) is 13.6. The molecule has 0 radical (unpaired) electrons. The molecule has 42 heavy (non-hydrogen) atoms. The number of ether oxygens (including phenoxy) is 3. The molecule has 1 aromatic heterocycles. The summed E-state index contributed by atoms with van der Waals surface area (Å²) < 4.78 is 46.7. The molecular weight excluding hydrogens is 544 g/mol. The smallest absolute Gasteiger partial charge is 0.325 e. The molecule has 230 valence electrons. The quantitative estimate of drug-likeness (QED) is 0.298. The minimum absolute atomic E-state index is 0.0325. The first-order chi connectivity index (χ1) is 20.4. The second-order valence-electron chi connectivity index (χ2n) is 11.7. The summed E-state index contributed by atoms with van der Waals surface area (Å²) in [7, 11) is 1.68. The number of carbonyl (C=O) groups is 1. The number of likely N-dealkylation sites (tertiary alicyclic amines) is 1. The number of hydrogen-bond donors (Lipinski definition) is 2. The number of aryl methyl sites for hydroxylation is 1. The molecule has 3 aliphatic heterocycles. The van der Waals surface area contributed by atoms with Crippen LogP contribution in [0.5, 0.6) is 5.75 Å². The number of carboxylic acid groups (broad SMARTS) is 1. The van der Waals surface area contributed by atoms with Gasteiger partial charge < -0.3 is 24.6 Å². The second kappa shape index (κ2) is 14.6. The number of aromatic nitrogens is 1. The largest absolute Gasteiger partial charge is 0.496 e. The van der Waals surface area contributed by atoms with Crippen LogP contribution in [0.1, 0.15) is 73.4 Å². The van der Waals surface area contributed by atoms with Gasteiger partial charge in [0.1, 0.15) is 29.6 Å². The molecular formula is C32H43F2N3O5. The highest BCUT2D eigenvalue weighted by molar-refractivity contribution is 5.76. The van der Waals surface area contributed by atoms with Gasteiger partial charge in [-0.3, -0.25) is 9.69 Å². The van der Waals surface area contributed by atoms with Crippen molar-refractivity contribution in [3.8, 4) is 5.75 Å². The van der Waals surface area contributed by atoms with Crippen LogP contribution in [0.15, 0.2) is 24.3 Å². The fourth-order valence-electron chi connectivity index (χ4n) is 6.48. The van der Waals surface area contributed by atoms with Gasteiger partial charge in [-0.15, -0.1) is 0 Å². The number of nitrogens with zero attached hydrogens (tertiary/aromatic N) is 2. The Bertz CT molecular complexity index is 1190. The maximum absolute atomic E-state index is 15.4. The van der Waals surface area contributed by atoms with Gasteiger partial charge in [0.05, 0.1) is 19.8 Å². The molecule has 1 aromatic carbocycles. The van der Waals surface area contributed by atoms with Gasteiger partial charge in [0.2, 0.25) is 0 Å². The standard InChI is InChI=1S/C32H43F2N3O5/c1-40-29-18-24(36-31-26(29)6-4-13-35-31)5-2-3-7-28(34)21-10-14-37(19-21)30(32(38)39)27-17-23(33)9-8-22(27)20-42-25-11-15-41-16-12-25/h8-9,17-18,21,25,28,30H,2-7,10-16,19-20H2,1H3,(H,35,36)(H,38,39)/t21?,28-,30+/m0/s1. The lowest BCUT2D eigenvalue weighted by molar-refractivity contribution is -0.143. The van der Waals surface area contributed by atoms with Crippen LogP contribution >= 0.6 is 0 Å². The Morgan fingerprint density at radius 3 is 2.86 bits per heavy atom. The van der Waals surface area contributed by atoms with Gasteiger partial charge in [-0.25, -0.2) is 13.8 Å². The van der Waals surface area contributed by atoms with E-state index in [1.807, 2.05) is 6.07 Å². The topological polar surface area (TPSA) is 93.2 Å². The number of hydrogen-bond acceptors (Lipinski definition) is 7. The summed E-state index contributed by atoms with van der Waals surface area (Å²) >= 11 is 0. The van der Waals surface area contributed by atoms with Gasteiger partial charge in [0, 0.05) is 49.5 Å². The molecule has 0 saturated carbocycles. The Labute approximate surface area is 246 Å². The van der Waals surface area contributed by atoms with E-state index in [0.717, 1.165) is 67.9 Å². The fraction of sp³-hybridized carbons (Fsp3) is 0.625. The normalized spacial score (nSPS) is 21.0. The Balaban J connectivity index is 1.15. The lowest BCUT2D eigenvalue weighted by atomic mass is 9.96. The number of fused-ring (bicyclic) bond motifs is 1. The molecule has 2 fully saturated rings. The highest BCUT2D eigenvalue weighted by Crippen LogP contribution is 2.35. The van der Waals surface area contributed by atoms with Crippen molar-refractivity contribution in [2.24, 2.45) is 5.92 Å². The van der Waals surface area contributed by atoms with E-state index in [0.29, 0.717) is 56.7 Å². The van der Waals surface area contributed by atoms with Gasteiger partial charge in [0.15, 0.2) is 0 Å². The lowest BCUT2D eigenvalue weighted by Gasteiger charge is -2.28. The average molecular weight is 588 g/mol. The number of pyridine rings is 1. The first kappa shape index (κ1) is 30.6. The summed E-state index contributed by atoms with van der Waals surface area (Å²) in [5.41, 5.74) is 3.10. The molecule has 4 heterocycles. The number of alkyl halides is 1. The summed E-state index contributed by atoms with van der Waals surface area (Å²) in [6.07, 6.45) is 5.83. The van der Waals surface area contributed by atoms with E-state index in [1.165, 1.54) is 12.1 Å². The molecule has 2 aromatic rings. The number of halogens is 2. The summed E-state index contributed by atoms with van der Waals surface area (Å²) in [5.74, 6) is -0.0530. The number of aliphatic carboxylic acids is 1. The number of nitrogens with one attached hydrogen (secondary N) is 1. The zero-order valence-electron chi connectivity index (χ0n) is 24.5. The van der Waals surface area contributed by atoms with E-state index in [4.69, 9.17) is 19.2 Å². The zero-order chi connectivity index (χ0) is 29.5. The summed E-state index contributed by atoms with van der Waals surface area (Å²) in [4.78, 5) is 19.0. The number of carboxylic acids is 1. The van der Waals surface area contributed by atoms with Crippen LogP contribution in [0, 0.1) is 11.7 Å². The van der Waals surface area contributed by atoms with Crippen LogP contribution in [0.3, 0.4) is 0 Å². The van der Waals surface area contributed by atoms with Crippen molar-refractivity contribution in [2.75, 3.05) is 45.3 Å².